The highest BCUT2D eigenvalue weighted by molar-refractivity contribution is 7.90. The highest BCUT2D eigenvalue weighted by Crippen LogP contribution is 2.28. The Labute approximate surface area is 208 Å². The van der Waals surface area contributed by atoms with Crippen molar-refractivity contribution >= 4 is 44.8 Å². The van der Waals surface area contributed by atoms with Crippen LogP contribution in [0.3, 0.4) is 0 Å². The third kappa shape index (κ3) is 4.51. The quantitative estimate of drug-likeness (QED) is 0.327. The van der Waals surface area contributed by atoms with Crippen molar-refractivity contribution in [2.45, 2.75) is 4.90 Å². The number of hydrogen-bond acceptors (Lipinski definition) is 5. The number of para-hydroxylation sites is 1. The topological polar surface area (TPSA) is 84.3 Å². The summed E-state index contributed by atoms with van der Waals surface area (Å²) in [6.45, 7) is 0. The van der Waals surface area contributed by atoms with Gasteiger partial charge in [0.15, 0.2) is 14.9 Å². The van der Waals surface area contributed by atoms with Crippen LogP contribution in [-0.4, -0.2) is 35.5 Å². The van der Waals surface area contributed by atoms with Crippen LogP contribution in [0.15, 0.2) is 102 Å². The van der Waals surface area contributed by atoms with E-state index in [4.69, 9.17) is 17.3 Å². The van der Waals surface area contributed by atoms with Gasteiger partial charge in [-0.05, 0) is 54.7 Å². The highest BCUT2D eigenvalue weighted by Gasteiger charge is 2.32. The first-order valence-corrected chi connectivity index (χ1v) is 13.0. The molecule has 0 bridgehead atoms. The van der Waals surface area contributed by atoms with E-state index in [1.54, 1.807) is 41.2 Å². The monoisotopic (exact) mass is 500 g/mol. The number of hydrogen-bond donors (Lipinski definition) is 1. The third-order valence-electron chi connectivity index (χ3n) is 5.51. The molecule has 0 unspecified atom stereocenters. The molecule has 1 N–H and O–H groups in total. The van der Waals surface area contributed by atoms with Crippen LogP contribution in [0.5, 0.6) is 0 Å². The minimum atomic E-state index is -3.30. The number of carbonyl (C=O) groups excluding carboxylic acids is 1. The molecule has 3 aromatic carbocycles. The van der Waals surface area contributed by atoms with E-state index in [1.807, 2.05) is 60.7 Å². The SMILES string of the molecule is CS(=O)(=O)c1ccc(-n2cc(/C=C3\NC(=S)N(c4ccccc4)C3=O)c(-c3ccccc3)n2)cc1. The van der Waals surface area contributed by atoms with E-state index in [0.29, 0.717) is 33.4 Å². The fourth-order valence-electron chi connectivity index (χ4n) is 3.79. The zero-order chi connectivity index (χ0) is 24.6. The number of anilines is 1. The van der Waals surface area contributed by atoms with E-state index < -0.39 is 9.84 Å². The second-order valence-electron chi connectivity index (χ2n) is 7.97. The molecule has 1 aliphatic rings. The van der Waals surface area contributed by atoms with Crippen LogP contribution < -0.4 is 10.2 Å². The van der Waals surface area contributed by atoms with E-state index in [1.165, 1.54) is 11.2 Å². The van der Waals surface area contributed by atoms with Gasteiger partial charge in [0.2, 0.25) is 0 Å². The minimum absolute atomic E-state index is 0.231. The van der Waals surface area contributed by atoms with Gasteiger partial charge >= 0.3 is 0 Å². The second kappa shape index (κ2) is 8.94. The van der Waals surface area contributed by atoms with Crippen molar-refractivity contribution in [1.82, 2.24) is 15.1 Å². The lowest BCUT2D eigenvalue weighted by Crippen LogP contribution is -2.30. The van der Waals surface area contributed by atoms with E-state index in [0.717, 1.165) is 5.56 Å². The van der Waals surface area contributed by atoms with Crippen LogP contribution in [0.4, 0.5) is 5.69 Å². The number of carbonyl (C=O) groups is 1. The summed E-state index contributed by atoms with van der Waals surface area (Å²) < 4.78 is 25.3. The van der Waals surface area contributed by atoms with Gasteiger partial charge in [0, 0.05) is 23.6 Å². The zero-order valence-electron chi connectivity index (χ0n) is 18.6. The Morgan fingerprint density at radius 2 is 1.51 bits per heavy atom. The number of sulfone groups is 1. The normalized spacial score (nSPS) is 15.0. The fraction of sp³-hybridized carbons (Fsp3) is 0.0385. The maximum absolute atomic E-state index is 13.2. The Bertz CT molecular complexity index is 1560. The van der Waals surface area contributed by atoms with Gasteiger partial charge in [-0.2, -0.15) is 5.10 Å². The summed E-state index contributed by atoms with van der Waals surface area (Å²) in [5.74, 6) is -0.259. The fourth-order valence-corrected chi connectivity index (χ4v) is 4.72. The van der Waals surface area contributed by atoms with Crippen LogP contribution >= 0.6 is 12.2 Å². The summed E-state index contributed by atoms with van der Waals surface area (Å²) in [6, 6.07) is 25.3. The number of nitrogens with zero attached hydrogens (tertiary/aromatic N) is 3. The molecular formula is C26H20N4O3S2. The number of rotatable bonds is 5. The molecule has 0 saturated carbocycles. The Kier molecular flexibility index (Phi) is 5.80. The third-order valence-corrected chi connectivity index (χ3v) is 6.92. The van der Waals surface area contributed by atoms with Crippen molar-refractivity contribution in [2.24, 2.45) is 0 Å². The Hall–Kier alpha value is -4.08. The van der Waals surface area contributed by atoms with Crippen molar-refractivity contribution < 1.29 is 13.2 Å². The van der Waals surface area contributed by atoms with E-state index in [-0.39, 0.29) is 10.8 Å². The van der Waals surface area contributed by atoms with Crippen LogP contribution in [-0.2, 0) is 14.6 Å². The highest BCUT2D eigenvalue weighted by atomic mass is 32.2. The van der Waals surface area contributed by atoms with Gasteiger partial charge in [-0.3, -0.25) is 9.69 Å². The molecule has 0 aliphatic carbocycles. The Balaban J connectivity index is 1.57. The maximum atomic E-state index is 13.2. The molecule has 0 spiro atoms. The van der Waals surface area contributed by atoms with Crippen molar-refractivity contribution in [2.75, 3.05) is 11.2 Å². The van der Waals surface area contributed by atoms with Crippen LogP contribution in [0.2, 0.25) is 0 Å². The predicted octanol–water partition coefficient (Wildman–Crippen LogP) is 4.21. The van der Waals surface area contributed by atoms with E-state index in [2.05, 4.69) is 5.32 Å². The molecule has 1 amide bonds. The number of nitrogens with one attached hydrogen (secondary N) is 1. The molecule has 1 aromatic heterocycles. The van der Waals surface area contributed by atoms with Gasteiger partial charge in [-0.1, -0.05) is 48.5 Å². The summed E-state index contributed by atoms with van der Waals surface area (Å²) in [5.41, 5.74) is 3.96. The molecule has 5 rings (SSSR count). The van der Waals surface area contributed by atoms with Gasteiger partial charge in [0.25, 0.3) is 5.91 Å². The molecule has 2 heterocycles. The van der Waals surface area contributed by atoms with Gasteiger partial charge in [-0.15, -0.1) is 0 Å². The first-order chi connectivity index (χ1) is 16.8. The van der Waals surface area contributed by atoms with Crippen molar-refractivity contribution in [3.63, 3.8) is 0 Å². The molecule has 174 valence electrons. The average molecular weight is 501 g/mol. The lowest BCUT2D eigenvalue weighted by Gasteiger charge is -2.13. The molecule has 0 radical (unpaired) electrons. The summed E-state index contributed by atoms with van der Waals surface area (Å²) in [6.07, 6.45) is 4.70. The molecular weight excluding hydrogens is 480 g/mol. The Morgan fingerprint density at radius 3 is 2.14 bits per heavy atom. The summed E-state index contributed by atoms with van der Waals surface area (Å²) in [5, 5.41) is 8.06. The molecule has 1 fully saturated rings. The summed E-state index contributed by atoms with van der Waals surface area (Å²) >= 11 is 5.43. The van der Waals surface area contributed by atoms with Crippen LogP contribution in [0.25, 0.3) is 23.0 Å². The van der Waals surface area contributed by atoms with Crippen LogP contribution in [0.1, 0.15) is 5.56 Å². The number of thiocarbonyl (C=S) groups is 1. The molecule has 7 nitrogen and oxygen atoms in total. The van der Waals surface area contributed by atoms with Gasteiger partial charge in [0.1, 0.15) is 11.4 Å². The molecule has 9 heteroatoms. The van der Waals surface area contributed by atoms with Crippen LogP contribution in [0, 0.1) is 0 Å². The number of benzene rings is 3. The first kappa shape index (κ1) is 22.7. The lowest BCUT2D eigenvalue weighted by molar-refractivity contribution is -0.113. The summed E-state index contributed by atoms with van der Waals surface area (Å²) in [4.78, 5) is 14.9. The molecule has 1 saturated heterocycles. The average Bonchev–Trinajstić information content (AvgIpc) is 3.40. The standard InChI is InChI=1S/C26H20N4O3S2/c1-35(32,33)22-14-12-20(13-15-22)29-17-19(24(28-29)18-8-4-2-5-9-18)16-23-25(31)30(26(34)27-23)21-10-6-3-7-11-21/h2-17H,1H3,(H,27,34)/b23-16-. The zero-order valence-corrected chi connectivity index (χ0v) is 20.3. The van der Waals surface area contributed by atoms with Crippen molar-refractivity contribution in [3.8, 4) is 16.9 Å². The smallest absolute Gasteiger partial charge is 0.281 e. The second-order valence-corrected chi connectivity index (χ2v) is 10.4. The lowest BCUT2D eigenvalue weighted by atomic mass is 10.1. The van der Waals surface area contributed by atoms with Gasteiger partial charge < -0.3 is 5.32 Å². The van der Waals surface area contributed by atoms with Crippen molar-refractivity contribution in [3.05, 3.63) is 102 Å². The van der Waals surface area contributed by atoms with Crippen molar-refractivity contribution in [1.29, 1.82) is 0 Å². The maximum Gasteiger partial charge on any atom is 0.281 e. The minimum Gasteiger partial charge on any atom is -0.327 e. The van der Waals surface area contributed by atoms with E-state index >= 15 is 0 Å². The molecule has 0 atom stereocenters. The molecule has 1 aliphatic heterocycles. The molecule has 35 heavy (non-hydrogen) atoms. The first-order valence-electron chi connectivity index (χ1n) is 10.7. The van der Waals surface area contributed by atoms with Gasteiger partial charge in [-0.25, -0.2) is 13.1 Å². The Morgan fingerprint density at radius 1 is 0.886 bits per heavy atom. The predicted molar refractivity (Wildman–Crippen MR) is 140 cm³/mol. The summed E-state index contributed by atoms with van der Waals surface area (Å²) in [7, 11) is -3.30. The largest absolute Gasteiger partial charge is 0.327 e. The van der Waals surface area contributed by atoms with Gasteiger partial charge in [0.05, 0.1) is 16.3 Å². The number of amides is 1. The number of aromatic nitrogens is 2. The van der Waals surface area contributed by atoms with E-state index in [9.17, 15) is 13.2 Å². The molecule has 4 aromatic rings.